The van der Waals surface area contributed by atoms with Gasteiger partial charge in [-0.3, -0.25) is 4.79 Å². The first-order chi connectivity index (χ1) is 9.65. The van der Waals surface area contributed by atoms with Gasteiger partial charge in [0.2, 0.25) is 5.91 Å². The Balaban J connectivity index is 3.33. The summed E-state index contributed by atoms with van der Waals surface area (Å²) in [4.78, 5) is 35.3. The summed E-state index contributed by atoms with van der Waals surface area (Å²) in [7, 11) is 0. The Morgan fingerprint density at radius 2 is 1.71 bits per heavy atom. The molecule has 118 valence electrons. The summed E-state index contributed by atoms with van der Waals surface area (Å²) in [6, 6.07) is -1.17. The quantitative estimate of drug-likeness (QED) is 0.833. The van der Waals surface area contributed by atoms with Crippen molar-refractivity contribution in [3.8, 4) is 6.01 Å². The van der Waals surface area contributed by atoms with Crippen LogP contribution in [0.3, 0.4) is 0 Å². The van der Waals surface area contributed by atoms with Crippen LogP contribution in [0.25, 0.3) is 0 Å². The average Bonchev–Trinajstić information content (AvgIpc) is 2.63. The number of nitrogens with two attached hydrogens (primary N) is 1. The number of primary amides is 1. The monoisotopic (exact) mass is 300 g/mol. The fraction of sp³-hybridized carbons (Fsp3) is 0.667. The van der Waals surface area contributed by atoms with E-state index in [4.69, 9.17) is 15.2 Å². The van der Waals surface area contributed by atoms with E-state index in [0.29, 0.717) is 4.68 Å². The first-order valence-electron chi connectivity index (χ1n) is 6.53. The first-order valence-corrected chi connectivity index (χ1v) is 6.53. The minimum Gasteiger partial charge on any atom is -0.461 e. The molecule has 1 atom stereocenters. The molecule has 9 nitrogen and oxygen atoms in total. The topological polar surface area (TPSA) is 118 Å². The molecule has 9 heteroatoms. The van der Waals surface area contributed by atoms with Crippen LogP contribution in [-0.4, -0.2) is 38.6 Å². The van der Waals surface area contributed by atoms with Crippen LogP contribution in [0.15, 0.2) is 4.79 Å². The van der Waals surface area contributed by atoms with E-state index >= 15 is 0 Å². The molecule has 1 aromatic rings. The highest BCUT2D eigenvalue weighted by molar-refractivity contribution is 5.78. The van der Waals surface area contributed by atoms with Crippen LogP contribution in [0.2, 0.25) is 0 Å². The lowest BCUT2D eigenvalue weighted by molar-refractivity contribution is -0.120. The van der Waals surface area contributed by atoms with Gasteiger partial charge in [0.05, 0.1) is 12.2 Å². The zero-order chi connectivity index (χ0) is 16.3. The van der Waals surface area contributed by atoms with Gasteiger partial charge in [0.1, 0.15) is 6.04 Å². The van der Waals surface area contributed by atoms with Crippen molar-refractivity contribution in [2.45, 2.75) is 52.9 Å². The van der Waals surface area contributed by atoms with Gasteiger partial charge >= 0.3 is 17.8 Å². The molecule has 0 aliphatic rings. The van der Waals surface area contributed by atoms with Gasteiger partial charge < -0.3 is 15.2 Å². The van der Waals surface area contributed by atoms with Crippen molar-refractivity contribution in [2.75, 3.05) is 0 Å². The van der Waals surface area contributed by atoms with E-state index in [1.807, 2.05) is 0 Å². The highest BCUT2D eigenvalue weighted by Gasteiger charge is 2.27. The van der Waals surface area contributed by atoms with E-state index in [-0.39, 0.29) is 12.1 Å². The molecule has 0 unspecified atom stereocenters. The first kappa shape index (κ1) is 16.7. The Hall–Kier alpha value is -2.32. The highest BCUT2D eigenvalue weighted by atomic mass is 16.6. The third-order valence-corrected chi connectivity index (χ3v) is 2.43. The van der Waals surface area contributed by atoms with Crippen molar-refractivity contribution in [2.24, 2.45) is 5.73 Å². The molecule has 1 aromatic heterocycles. The van der Waals surface area contributed by atoms with Crippen LogP contribution in [-0.2, 0) is 9.53 Å². The predicted molar refractivity (Wildman–Crippen MR) is 73.2 cm³/mol. The number of carbonyl (C=O) groups is 2. The van der Waals surface area contributed by atoms with E-state index in [1.54, 1.807) is 27.7 Å². The summed E-state index contributed by atoms with van der Waals surface area (Å²) >= 11 is 0. The number of nitrogens with zero attached hydrogens (tertiary/aromatic N) is 3. The number of rotatable bonds is 5. The molecule has 2 N–H and O–H groups in total. The van der Waals surface area contributed by atoms with Gasteiger partial charge in [-0.1, -0.05) is 0 Å². The molecule has 1 rings (SSSR count). The molecular weight excluding hydrogens is 280 g/mol. The van der Waals surface area contributed by atoms with Gasteiger partial charge in [-0.25, -0.2) is 14.2 Å². The zero-order valence-corrected chi connectivity index (χ0v) is 12.7. The molecule has 0 saturated carbocycles. The minimum atomic E-state index is -1.01. The summed E-state index contributed by atoms with van der Waals surface area (Å²) in [5, 5.41) is 3.77. The molecule has 1 heterocycles. The van der Waals surface area contributed by atoms with Crippen molar-refractivity contribution < 1.29 is 19.1 Å². The SMILES string of the molecule is CC(C)OC(=O)n1nc(OC(C)C)n([C@@H](C)C(N)=O)c1=O. The molecule has 0 aliphatic heterocycles. The summed E-state index contributed by atoms with van der Waals surface area (Å²) < 4.78 is 11.7. The number of hydrogen-bond donors (Lipinski definition) is 1. The van der Waals surface area contributed by atoms with E-state index in [2.05, 4.69) is 5.10 Å². The Morgan fingerprint density at radius 1 is 1.14 bits per heavy atom. The molecule has 0 spiro atoms. The van der Waals surface area contributed by atoms with Crippen LogP contribution in [0.1, 0.15) is 40.7 Å². The lowest BCUT2D eigenvalue weighted by Crippen LogP contribution is -2.36. The fourth-order valence-electron chi connectivity index (χ4n) is 1.48. The number of aromatic nitrogens is 3. The number of amides is 1. The highest BCUT2D eigenvalue weighted by Crippen LogP contribution is 2.13. The molecule has 0 saturated heterocycles. The average molecular weight is 300 g/mol. The van der Waals surface area contributed by atoms with Crippen molar-refractivity contribution >= 4 is 12.0 Å². The van der Waals surface area contributed by atoms with Crippen LogP contribution in [0.5, 0.6) is 6.01 Å². The van der Waals surface area contributed by atoms with Gasteiger partial charge in [0.25, 0.3) is 0 Å². The van der Waals surface area contributed by atoms with Gasteiger partial charge in [-0.2, -0.15) is 0 Å². The Labute approximate surface area is 121 Å². The maximum atomic E-state index is 12.2. The van der Waals surface area contributed by atoms with Gasteiger partial charge in [0, 0.05) is 0 Å². The summed E-state index contributed by atoms with van der Waals surface area (Å²) in [5.41, 5.74) is 4.35. The van der Waals surface area contributed by atoms with Crippen molar-refractivity contribution in [1.29, 1.82) is 0 Å². The maximum Gasteiger partial charge on any atom is 0.439 e. The fourth-order valence-corrected chi connectivity index (χ4v) is 1.48. The molecule has 0 fully saturated rings. The van der Waals surface area contributed by atoms with Crippen molar-refractivity contribution in [3.63, 3.8) is 0 Å². The molecule has 0 bridgehead atoms. The van der Waals surface area contributed by atoms with Crippen LogP contribution in [0, 0.1) is 0 Å². The van der Waals surface area contributed by atoms with E-state index in [9.17, 15) is 14.4 Å². The summed E-state index contributed by atoms with van der Waals surface area (Å²) in [5.74, 6) is -0.748. The second-order valence-electron chi connectivity index (χ2n) is 5.02. The largest absolute Gasteiger partial charge is 0.461 e. The summed E-state index contributed by atoms with van der Waals surface area (Å²) in [6.07, 6.45) is -1.67. The van der Waals surface area contributed by atoms with E-state index < -0.39 is 29.8 Å². The normalized spacial score (nSPS) is 12.5. The van der Waals surface area contributed by atoms with E-state index in [0.717, 1.165) is 4.57 Å². The molecule has 0 aromatic carbocycles. The summed E-state index contributed by atoms with van der Waals surface area (Å²) in [6.45, 7) is 8.12. The molecule has 0 radical (unpaired) electrons. The predicted octanol–water partition coefficient (Wildman–Crippen LogP) is 0.271. The lowest BCUT2D eigenvalue weighted by Gasteiger charge is -2.12. The number of ether oxygens (including phenoxy) is 2. The Kier molecular flexibility index (Phi) is 5.12. The zero-order valence-electron chi connectivity index (χ0n) is 12.7. The standard InChI is InChI=1S/C12H20N4O5/c1-6(2)20-10-14-16(12(19)21-7(3)4)11(18)15(10)8(5)9(13)17/h6-8H,1-5H3,(H2,13,17)/t8-/m0/s1. The lowest BCUT2D eigenvalue weighted by atomic mass is 10.3. The molecule has 0 aliphatic carbocycles. The minimum absolute atomic E-state index is 0.165. The van der Waals surface area contributed by atoms with Crippen molar-refractivity contribution in [1.82, 2.24) is 14.3 Å². The van der Waals surface area contributed by atoms with E-state index in [1.165, 1.54) is 6.92 Å². The van der Waals surface area contributed by atoms with Gasteiger partial charge in [0.15, 0.2) is 0 Å². The van der Waals surface area contributed by atoms with Crippen LogP contribution in [0.4, 0.5) is 4.79 Å². The number of carbonyl (C=O) groups excluding carboxylic acids is 2. The van der Waals surface area contributed by atoms with Crippen LogP contribution < -0.4 is 16.2 Å². The van der Waals surface area contributed by atoms with Gasteiger partial charge in [-0.15, -0.1) is 9.78 Å². The smallest absolute Gasteiger partial charge is 0.439 e. The third-order valence-electron chi connectivity index (χ3n) is 2.43. The molecule has 21 heavy (non-hydrogen) atoms. The molecular formula is C12H20N4O5. The van der Waals surface area contributed by atoms with Crippen LogP contribution >= 0.6 is 0 Å². The third kappa shape index (κ3) is 3.83. The van der Waals surface area contributed by atoms with Crippen molar-refractivity contribution in [3.05, 3.63) is 10.5 Å². The molecule has 1 amide bonds. The number of hydrogen-bond acceptors (Lipinski definition) is 6. The Morgan fingerprint density at radius 3 is 2.14 bits per heavy atom. The second-order valence-corrected chi connectivity index (χ2v) is 5.02. The second kappa shape index (κ2) is 6.42. The maximum absolute atomic E-state index is 12.2. The van der Waals surface area contributed by atoms with Gasteiger partial charge in [-0.05, 0) is 34.6 Å². The Bertz CT molecular complexity index is 587.